The van der Waals surface area contributed by atoms with Crippen LogP contribution in [0.15, 0.2) is 18.5 Å². The van der Waals surface area contributed by atoms with Crippen molar-refractivity contribution in [3.05, 3.63) is 24.0 Å². The molecule has 1 aromatic rings. The SMILES string of the molecule is CCNc1ccncc1C(=O)NN1CCOCC1. The van der Waals surface area contributed by atoms with E-state index in [9.17, 15) is 4.79 Å². The van der Waals surface area contributed by atoms with E-state index in [2.05, 4.69) is 15.7 Å². The Labute approximate surface area is 106 Å². The van der Waals surface area contributed by atoms with Crippen LogP contribution in [0.2, 0.25) is 0 Å². The molecule has 1 saturated heterocycles. The standard InChI is InChI=1S/C12H18N4O2/c1-2-14-11-3-4-13-9-10(11)12(17)15-16-5-7-18-8-6-16/h3-4,9H,2,5-8H2,1H3,(H,13,14)(H,15,17). The highest BCUT2D eigenvalue weighted by atomic mass is 16.5. The number of nitrogens with zero attached hydrogens (tertiary/aromatic N) is 2. The summed E-state index contributed by atoms with van der Waals surface area (Å²) >= 11 is 0. The molecule has 6 heteroatoms. The molecule has 1 aromatic heterocycles. The summed E-state index contributed by atoms with van der Waals surface area (Å²) < 4.78 is 5.23. The number of aromatic nitrogens is 1. The van der Waals surface area contributed by atoms with Crippen LogP contribution in [0, 0.1) is 0 Å². The lowest BCUT2D eigenvalue weighted by molar-refractivity contribution is 0.0126. The first-order valence-electron chi connectivity index (χ1n) is 6.13. The van der Waals surface area contributed by atoms with E-state index in [1.807, 2.05) is 11.9 Å². The van der Waals surface area contributed by atoms with E-state index < -0.39 is 0 Å². The second-order valence-corrected chi connectivity index (χ2v) is 3.99. The molecule has 0 aromatic carbocycles. The van der Waals surface area contributed by atoms with Gasteiger partial charge < -0.3 is 10.1 Å². The van der Waals surface area contributed by atoms with Crippen molar-refractivity contribution < 1.29 is 9.53 Å². The van der Waals surface area contributed by atoms with E-state index in [-0.39, 0.29) is 5.91 Å². The van der Waals surface area contributed by atoms with Crippen molar-refractivity contribution in [2.24, 2.45) is 0 Å². The van der Waals surface area contributed by atoms with Crippen molar-refractivity contribution in [1.82, 2.24) is 15.4 Å². The Balaban J connectivity index is 2.03. The Kier molecular flexibility index (Phi) is 4.49. The maximum Gasteiger partial charge on any atom is 0.269 e. The van der Waals surface area contributed by atoms with E-state index >= 15 is 0 Å². The van der Waals surface area contributed by atoms with Gasteiger partial charge >= 0.3 is 0 Å². The quantitative estimate of drug-likeness (QED) is 0.814. The molecule has 1 aliphatic heterocycles. The zero-order valence-corrected chi connectivity index (χ0v) is 10.5. The highest BCUT2D eigenvalue weighted by molar-refractivity contribution is 5.98. The van der Waals surface area contributed by atoms with Crippen LogP contribution in [0.4, 0.5) is 5.69 Å². The number of hydrazine groups is 1. The van der Waals surface area contributed by atoms with E-state index in [4.69, 9.17) is 4.74 Å². The van der Waals surface area contributed by atoms with Gasteiger partial charge in [-0.1, -0.05) is 0 Å². The first-order chi connectivity index (χ1) is 8.81. The van der Waals surface area contributed by atoms with E-state index in [1.54, 1.807) is 18.5 Å². The van der Waals surface area contributed by atoms with Gasteiger partial charge in [0.1, 0.15) is 0 Å². The van der Waals surface area contributed by atoms with Gasteiger partial charge in [0.05, 0.1) is 24.5 Å². The van der Waals surface area contributed by atoms with Gasteiger partial charge in [0.25, 0.3) is 5.91 Å². The maximum absolute atomic E-state index is 12.1. The molecule has 0 spiro atoms. The first kappa shape index (κ1) is 12.8. The number of anilines is 1. The van der Waals surface area contributed by atoms with Crippen LogP contribution in [0.3, 0.4) is 0 Å². The number of carbonyl (C=O) groups excluding carboxylic acids is 1. The molecule has 0 bridgehead atoms. The highest BCUT2D eigenvalue weighted by Crippen LogP contribution is 2.13. The molecule has 2 heterocycles. The summed E-state index contributed by atoms with van der Waals surface area (Å²) in [5.74, 6) is -0.138. The van der Waals surface area contributed by atoms with Crippen molar-refractivity contribution in [2.75, 3.05) is 38.2 Å². The molecule has 0 aliphatic carbocycles. The average molecular weight is 250 g/mol. The predicted octanol–water partition coefficient (Wildman–Crippen LogP) is 0.490. The molecule has 2 N–H and O–H groups in total. The van der Waals surface area contributed by atoms with Crippen LogP contribution in [0.5, 0.6) is 0 Å². The zero-order chi connectivity index (χ0) is 12.8. The van der Waals surface area contributed by atoms with Crippen LogP contribution in [0.25, 0.3) is 0 Å². The lowest BCUT2D eigenvalue weighted by atomic mass is 10.2. The lowest BCUT2D eigenvalue weighted by Crippen LogP contribution is -2.48. The predicted molar refractivity (Wildman–Crippen MR) is 68.3 cm³/mol. The summed E-state index contributed by atoms with van der Waals surface area (Å²) in [4.78, 5) is 16.1. The molecule has 1 amide bonds. The van der Waals surface area contributed by atoms with Crippen molar-refractivity contribution in [1.29, 1.82) is 0 Å². The second-order valence-electron chi connectivity index (χ2n) is 3.99. The van der Waals surface area contributed by atoms with E-state index in [0.717, 1.165) is 12.2 Å². The van der Waals surface area contributed by atoms with Crippen molar-refractivity contribution in [3.8, 4) is 0 Å². The smallest absolute Gasteiger partial charge is 0.269 e. The molecule has 18 heavy (non-hydrogen) atoms. The molecule has 98 valence electrons. The third-order valence-electron chi connectivity index (χ3n) is 2.70. The molecule has 0 radical (unpaired) electrons. The largest absolute Gasteiger partial charge is 0.385 e. The van der Waals surface area contributed by atoms with Crippen molar-refractivity contribution >= 4 is 11.6 Å². The van der Waals surface area contributed by atoms with Crippen LogP contribution in [-0.4, -0.2) is 48.7 Å². The molecule has 2 rings (SSSR count). The Morgan fingerprint density at radius 3 is 3.00 bits per heavy atom. The van der Waals surface area contributed by atoms with Gasteiger partial charge in [-0.25, -0.2) is 5.01 Å². The highest BCUT2D eigenvalue weighted by Gasteiger charge is 2.16. The van der Waals surface area contributed by atoms with Crippen LogP contribution in [0.1, 0.15) is 17.3 Å². The number of morpholine rings is 1. The monoisotopic (exact) mass is 250 g/mol. The Hall–Kier alpha value is -1.66. The summed E-state index contributed by atoms with van der Waals surface area (Å²) in [6, 6.07) is 1.80. The number of hydrogen-bond acceptors (Lipinski definition) is 5. The van der Waals surface area contributed by atoms with Gasteiger partial charge in [0.15, 0.2) is 0 Å². The number of pyridine rings is 1. The Bertz CT molecular complexity index is 405. The summed E-state index contributed by atoms with van der Waals surface area (Å²) in [6.07, 6.45) is 3.25. The van der Waals surface area contributed by atoms with Gasteiger partial charge in [0.2, 0.25) is 0 Å². The molecule has 1 fully saturated rings. The first-order valence-corrected chi connectivity index (χ1v) is 6.13. The number of amides is 1. The minimum Gasteiger partial charge on any atom is -0.385 e. The van der Waals surface area contributed by atoms with Gasteiger partial charge in [-0.2, -0.15) is 0 Å². The minimum atomic E-state index is -0.138. The normalized spacial score (nSPS) is 16.3. The Morgan fingerprint density at radius 2 is 2.28 bits per heavy atom. The topological polar surface area (TPSA) is 66.5 Å². The van der Waals surface area contributed by atoms with Crippen molar-refractivity contribution in [3.63, 3.8) is 0 Å². The molecule has 0 saturated carbocycles. The summed E-state index contributed by atoms with van der Waals surface area (Å²) in [6.45, 7) is 5.47. The zero-order valence-electron chi connectivity index (χ0n) is 10.5. The summed E-state index contributed by atoms with van der Waals surface area (Å²) in [7, 11) is 0. The fraction of sp³-hybridized carbons (Fsp3) is 0.500. The number of hydrogen-bond donors (Lipinski definition) is 2. The number of carbonyl (C=O) groups is 1. The maximum atomic E-state index is 12.1. The van der Waals surface area contributed by atoms with Crippen LogP contribution in [-0.2, 0) is 4.74 Å². The third-order valence-corrected chi connectivity index (χ3v) is 2.70. The lowest BCUT2D eigenvalue weighted by Gasteiger charge is -2.27. The van der Waals surface area contributed by atoms with Crippen LogP contribution < -0.4 is 10.7 Å². The fourth-order valence-electron chi connectivity index (χ4n) is 1.80. The van der Waals surface area contributed by atoms with Crippen molar-refractivity contribution in [2.45, 2.75) is 6.92 Å². The van der Waals surface area contributed by atoms with Gasteiger partial charge in [-0.3, -0.25) is 15.2 Å². The third kappa shape index (κ3) is 3.18. The second kappa shape index (κ2) is 6.32. The molecule has 0 atom stereocenters. The fourth-order valence-corrected chi connectivity index (χ4v) is 1.80. The summed E-state index contributed by atoms with van der Waals surface area (Å²) in [5.41, 5.74) is 4.23. The number of rotatable bonds is 4. The minimum absolute atomic E-state index is 0.138. The average Bonchev–Trinajstić information content (AvgIpc) is 2.41. The van der Waals surface area contributed by atoms with Gasteiger partial charge in [-0.05, 0) is 13.0 Å². The molecular formula is C12H18N4O2. The molecule has 0 unspecified atom stereocenters. The molecule has 1 aliphatic rings. The van der Waals surface area contributed by atoms with Gasteiger partial charge in [-0.15, -0.1) is 0 Å². The summed E-state index contributed by atoms with van der Waals surface area (Å²) in [5, 5.41) is 5.02. The van der Waals surface area contributed by atoms with Gasteiger partial charge in [0, 0.05) is 32.0 Å². The number of nitrogens with one attached hydrogen (secondary N) is 2. The van der Waals surface area contributed by atoms with Crippen LogP contribution >= 0.6 is 0 Å². The van der Waals surface area contributed by atoms with E-state index in [1.165, 1.54) is 0 Å². The number of ether oxygens (including phenoxy) is 1. The molecular weight excluding hydrogens is 232 g/mol. The van der Waals surface area contributed by atoms with E-state index in [0.29, 0.717) is 31.9 Å². The Morgan fingerprint density at radius 1 is 1.50 bits per heavy atom. The molecule has 6 nitrogen and oxygen atoms in total.